The van der Waals surface area contributed by atoms with Gasteiger partial charge in [0.25, 0.3) is 0 Å². The zero-order valence-electron chi connectivity index (χ0n) is 10.2. The molecule has 1 fully saturated rings. The predicted molar refractivity (Wildman–Crippen MR) is 75.4 cm³/mol. The zero-order valence-corrected chi connectivity index (χ0v) is 11.9. The number of thioether (sulfide) groups is 1. The number of amides is 1. The minimum absolute atomic E-state index is 0.282. The van der Waals surface area contributed by atoms with Crippen LogP contribution in [-0.4, -0.2) is 23.1 Å². The Morgan fingerprint density at radius 1 is 1.53 bits per heavy atom. The van der Waals surface area contributed by atoms with Crippen molar-refractivity contribution < 1.29 is 4.79 Å². The molecule has 0 bridgehead atoms. The van der Waals surface area contributed by atoms with E-state index in [9.17, 15) is 4.79 Å². The summed E-state index contributed by atoms with van der Waals surface area (Å²) in [6.45, 7) is 3.09. The van der Waals surface area contributed by atoms with Crippen molar-refractivity contribution >= 4 is 29.0 Å². The van der Waals surface area contributed by atoms with Crippen molar-refractivity contribution in [2.45, 2.75) is 38.0 Å². The maximum atomic E-state index is 12.1. The predicted octanol–water partition coefficient (Wildman–Crippen LogP) is 3.90. The van der Waals surface area contributed by atoms with E-state index in [4.69, 9.17) is 0 Å². The van der Waals surface area contributed by atoms with E-state index in [-0.39, 0.29) is 5.37 Å². The Bertz CT molecular complexity index is 350. The van der Waals surface area contributed by atoms with Crippen molar-refractivity contribution in [3.05, 3.63) is 22.4 Å². The molecule has 94 valence electrons. The average molecular weight is 269 g/mol. The highest BCUT2D eigenvalue weighted by Gasteiger charge is 2.30. The summed E-state index contributed by atoms with van der Waals surface area (Å²) in [6.07, 6.45) is 4.09. The number of unbranched alkanes of at least 4 members (excludes halogenated alkanes) is 2. The minimum Gasteiger partial charge on any atom is -0.325 e. The van der Waals surface area contributed by atoms with E-state index in [1.54, 1.807) is 11.3 Å². The molecule has 0 spiro atoms. The molecule has 1 aromatic heterocycles. The Kier molecular flexibility index (Phi) is 4.92. The second-order valence-corrected chi connectivity index (χ2v) is 6.45. The highest BCUT2D eigenvalue weighted by Crippen LogP contribution is 2.40. The van der Waals surface area contributed by atoms with E-state index in [1.807, 2.05) is 11.8 Å². The molecular weight excluding hydrogens is 250 g/mol. The second-order valence-electron chi connectivity index (χ2n) is 4.28. The quantitative estimate of drug-likeness (QED) is 0.756. The molecule has 2 heterocycles. The lowest BCUT2D eigenvalue weighted by Gasteiger charge is -2.22. The second kappa shape index (κ2) is 6.45. The van der Waals surface area contributed by atoms with Crippen molar-refractivity contribution in [3.8, 4) is 0 Å². The van der Waals surface area contributed by atoms with Crippen LogP contribution in [-0.2, 0) is 4.79 Å². The summed E-state index contributed by atoms with van der Waals surface area (Å²) in [7, 11) is 0. The van der Waals surface area contributed by atoms with Gasteiger partial charge in [-0.25, -0.2) is 0 Å². The van der Waals surface area contributed by atoms with Crippen LogP contribution in [0.5, 0.6) is 0 Å². The molecule has 0 aromatic carbocycles. The highest BCUT2D eigenvalue weighted by molar-refractivity contribution is 7.99. The zero-order chi connectivity index (χ0) is 12.1. The maximum Gasteiger partial charge on any atom is 0.223 e. The number of hydrogen-bond donors (Lipinski definition) is 0. The topological polar surface area (TPSA) is 20.3 Å². The van der Waals surface area contributed by atoms with Crippen LogP contribution >= 0.6 is 23.1 Å². The molecule has 0 aliphatic carbocycles. The molecule has 1 unspecified atom stereocenters. The standard InChI is InChI=1S/C13H19NOS2/c1-2-3-4-7-12(15)14-8-10-17-13(14)11-6-5-9-16-11/h5-6,9,13H,2-4,7-8,10H2,1H3. The molecule has 1 aromatic rings. The van der Waals surface area contributed by atoms with Gasteiger partial charge in [-0.15, -0.1) is 23.1 Å². The molecule has 1 amide bonds. The first-order valence-corrected chi connectivity index (χ1v) is 8.20. The minimum atomic E-state index is 0.282. The van der Waals surface area contributed by atoms with Gasteiger partial charge in [-0.2, -0.15) is 0 Å². The number of carbonyl (C=O) groups is 1. The lowest BCUT2D eigenvalue weighted by atomic mass is 10.2. The Morgan fingerprint density at radius 2 is 2.41 bits per heavy atom. The molecule has 2 nitrogen and oxygen atoms in total. The van der Waals surface area contributed by atoms with Crippen molar-refractivity contribution in [1.29, 1.82) is 0 Å². The van der Waals surface area contributed by atoms with Crippen LogP contribution in [0.2, 0.25) is 0 Å². The fraction of sp³-hybridized carbons (Fsp3) is 0.615. The lowest BCUT2D eigenvalue weighted by Crippen LogP contribution is -2.29. The van der Waals surface area contributed by atoms with Crippen molar-refractivity contribution in [3.63, 3.8) is 0 Å². The first-order chi connectivity index (χ1) is 8.33. The Hall–Kier alpha value is -0.480. The van der Waals surface area contributed by atoms with E-state index in [2.05, 4.69) is 29.3 Å². The number of nitrogens with zero attached hydrogens (tertiary/aromatic N) is 1. The normalized spacial score (nSPS) is 19.8. The molecule has 1 aliphatic rings. The molecule has 1 atom stereocenters. The van der Waals surface area contributed by atoms with Crippen molar-refractivity contribution in [2.24, 2.45) is 0 Å². The van der Waals surface area contributed by atoms with Crippen LogP contribution in [0.1, 0.15) is 42.9 Å². The summed E-state index contributed by atoms with van der Waals surface area (Å²) in [5.41, 5.74) is 0. The monoisotopic (exact) mass is 269 g/mol. The Balaban J connectivity index is 1.93. The summed E-state index contributed by atoms with van der Waals surface area (Å²) < 4.78 is 0. The van der Waals surface area contributed by atoms with Gasteiger partial charge >= 0.3 is 0 Å². The number of carbonyl (C=O) groups excluding carboxylic acids is 1. The Morgan fingerprint density at radius 3 is 3.12 bits per heavy atom. The first kappa shape index (κ1) is 13.0. The maximum absolute atomic E-state index is 12.1. The number of thiophene rings is 1. The van der Waals surface area contributed by atoms with Gasteiger partial charge in [-0.05, 0) is 17.9 Å². The first-order valence-electron chi connectivity index (χ1n) is 6.27. The number of hydrogen-bond acceptors (Lipinski definition) is 3. The van der Waals surface area contributed by atoms with Gasteiger partial charge in [0.05, 0.1) is 0 Å². The third-order valence-electron chi connectivity index (χ3n) is 2.99. The molecular formula is C13H19NOS2. The summed E-state index contributed by atoms with van der Waals surface area (Å²) in [6, 6.07) is 4.21. The molecule has 1 saturated heterocycles. The lowest BCUT2D eigenvalue weighted by molar-refractivity contribution is -0.131. The molecule has 0 radical (unpaired) electrons. The smallest absolute Gasteiger partial charge is 0.223 e. The fourth-order valence-electron chi connectivity index (χ4n) is 2.06. The summed E-state index contributed by atoms with van der Waals surface area (Å²) >= 11 is 3.65. The molecule has 4 heteroatoms. The van der Waals surface area contributed by atoms with Crippen LogP contribution < -0.4 is 0 Å². The van der Waals surface area contributed by atoms with Gasteiger partial charge in [0.15, 0.2) is 0 Å². The summed E-state index contributed by atoms with van der Waals surface area (Å²) in [5.74, 6) is 1.41. The van der Waals surface area contributed by atoms with Crippen LogP contribution in [0.25, 0.3) is 0 Å². The van der Waals surface area contributed by atoms with Crippen molar-refractivity contribution in [2.75, 3.05) is 12.3 Å². The van der Waals surface area contributed by atoms with E-state index < -0.39 is 0 Å². The molecule has 1 aliphatic heterocycles. The van der Waals surface area contributed by atoms with E-state index in [0.717, 1.165) is 31.6 Å². The SMILES string of the molecule is CCCCCC(=O)N1CCSC1c1cccs1. The molecule has 0 saturated carbocycles. The largest absolute Gasteiger partial charge is 0.325 e. The number of rotatable bonds is 5. The highest BCUT2D eigenvalue weighted by atomic mass is 32.2. The summed E-state index contributed by atoms with van der Waals surface area (Å²) in [4.78, 5) is 15.5. The van der Waals surface area contributed by atoms with Crippen LogP contribution in [0.3, 0.4) is 0 Å². The van der Waals surface area contributed by atoms with Gasteiger partial charge in [0.1, 0.15) is 5.37 Å². The van der Waals surface area contributed by atoms with Gasteiger partial charge in [0.2, 0.25) is 5.91 Å². The fourth-order valence-corrected chi connectivity index (χ4v) is 4.32. The van der Waals surface area contributed by atoms with Crippen molar-refractivity contribution in [1.82, 2.24) is 4.90 Å². The van der Waals surface area contributed by atoms with E-state index >= 15 is 0 Å². The summed E-state index contributed by atoms with van der Waals surface area (Å²) in [5, 5.41) is 2.37. The van der Waals surface area contributed by atoms with Gasteiger partial charge in [-0.1, -0.05) is 25.8 Å². The molecule has 2 rings (SSSR count). The average Bonchev–Trinajstić information content (AvgIpc) is 2.99. The van der Waals surface area contributed by atoms with Gasteiger partial charge < -0.3 is 4.90 Å². The third kappa shape index (κ3) is 3.26. The van der Waals surface area contributed by atoms with Crippen LogP contribution in [0.15, 0.2) is 17.5 Å². The molecule has 0 N–H and O–H groups in total. The Labute approximate surface area is 111 Å². The van der Waals surface area contributed by atoms with Crippen LogP contribution in [0, 0.1) is 0 Å². The van der Waals surface area contributed by atoms with E-state index in [1.165, 1.54) is 11.3 Å². The molecule has 17 heavy (non-hydrogen) atoms. The van der Waals surface area contributed by atoms with E-state index in [0.29, 0.717) is 5.91 Å². The third-order valence-corrected chi connectivity index (χ3v) is 5.31. The van der Waals surface area contributed by atoms with Crippen LogP contribution in [0.4, 0.5) is 0 Å². The van der Waals surface area contributed by atoms with Gasteiger partial charge in [0, 0.05) is 23.6 Å². The van der Waals surface area contributed by atoms with Gasteiger partial charge in [-0.3, -0.25) is 4.79 Å².